The van der Waals surface area contributed by atoms with Crippen LogP contribution in [0.2, 0.25) is 0 Å². The number of sulfonamides is 1. The van der Waals surface area contributed by atoms with Gasteiger partial charge in [-0.15, -0.1) is 0 Å². The zero-order chi connectivity index (χ0) is 15.8. The van der Waals surface area contributed by atoms with Crippen LogP contribution >= 0.6 is 0 Å². The molecule has 0 amide bonds. The van der Waals surface area contributed by atoms with E-state index in [0.29, 0.717) is 6.29 Å². The Hall–Kier alpha value is -1.24. The number of hydrogen-bond acceptors (Lipinski definition) is 4. The summed E-state index contributed by atoms with van der Waals surface area (Å²) in [5.41, 5.74) is -0.191. The third kappa shape index (κ3) is 2.75. The number of carbonyl (C=O) groups is 1. The molecule has 2 atom stereocenters. The Morgan fingerprint density at radius 2 is 1.90 bits per heavy atom. The van der Waals surface area contributed by atoms with Gasteiger partial charge in [-0.3, -0.25) is 0 Å². The van der Waals surface area contributed by atoms with Crippen LogP contribution in [0.4, 0.5) is 0 Å². The first-order valence-electron chi connectivity index (χ1n) is 6.91. The smallest absolute Gasteiger partial charge is 0.246 e. The number of aldehydes is 1. The van der Waals surface area contributed by atoms with Gasteiger partial charge >= 0.3 is 0 Å². The van der Waals surface area contributed by atoms with Gasteiger partial charge in [0.15, 0.2) is 0 Å². The lowest BCUT2D eigenvalue weighted by Gasteiger charge is -2.32. The number of nitrogens with zero attached hydrogens (tertiary/aromatic N) is 1. The van der Waals surface area contributed by atoms with Crippen molar-refractivity contribution in [2.45, 2.75) is 44.4 Å². The summed E-state index contributed by atoms with van der Waals surface area (Å²) in [6, 6.07) is 6.61. The molecule has 0 N–H and O–H groups in total. The van der Waals surface area contributed by atoms with Crippen molar-refractivity contribution < 1.29 is 17.9 Å². The minimum absolute atomic E-state index is 0.0491. The molecule has 1 aliphatic rings. The predicted molar refractivity (Wildman–Crippen MR) is 79.3 cm³/mol. The number of rotatable bonds is 4. The summed E-state index contributed by atoms with van der Waals surface area (Å²) in [6.45, 7) is 7.30. The van der Waals surface area contributed by atoms with Crippen LogP contribution in [0, 0.1) is 12.8 Å². The minimum Gasteiger partial charge on any atom is -0.359 e. The number of benzene rings is 1. The summed E-state index contributed by atoms with van der Waals surface area (Å²) in [5.74, 6) is -0.0491. The molecule has 1 fully saturated rings. The highest BCUT2D eigenvalue weighted by Gasteiger charge is 2.52. The minimum atomic E-state index is -3.79. The maximum atomic E-state index is 12.9. The van der Waals surface area contributed by atoms with Gasteiger partial charge in [0.2, 0.25) is 10.0 Å². The molecule has 2 unspecified atom stereocenters. The molecule has 0 bridgehead atoms. The fraction of sp³-hybridized carbons (Fsp3) is 0.533. The zero-order valence-corrected chi connectivity index (χ0v) is 13.6. The number of aryl methyl sites for hydroxylation is 1. The van der Waals surface area contributed by atoms with Crippen molar-refractivity contribution in [2.24, 2.45) is 5.92 Å². The molecule has 1 aliphatic heterocycles. The monoisotopic (exact) mass is 311 g/mol. The van der Waals surface area contributed by atoms with Crippen LogP contribution in [0.5, 0.6) is 0 Å². The maximum Gasteiger partial charge on any atom is 0.246 e. The molecule has 0 radical (unpaired) electrons. The molecule has 5 nitrogen and oxygen atoms in total. The van der Waals surface area contributed by atoms with Gasteiger partial charge in [0, 0.05) is 0 Å². The second kappa shape index (κ2) is 5.51. The molecular formula is C15H21NO4S. The fourth-order valence-corrected chi connectivity index (χ4v) is 4.39. The van der Waals surface area contributed by atoms with Crippen LogP contribution in [0.1, 0.15) is 26.3 Å². The summed E-state index contributed by atoms with van der Waals surface area (Å²) >= 11 is 0. The van der Waals surface area contributed by atoms with E-state index in [-0.39, 0.29) is 17.4 Å². The molecule has 1 aromatic carbocycles. The van der Waals surface area contributed by atoms with Crippen molar-refractivity contribution >= 4 is 16.3 Å². The molecule has 0 saturated carbocycles. The Kier molecular flexibility index (Phi) is 4.24. The first-order valence-corrected chi connectivity index (χ1v) is 8.35. The quantitative estimate of drug-likeness (QED) is 0.797. The van der Waals surface area contributed by atoms with Crippen LogP contribution in [-0.2, 0) is 19.6 Å². The molecule has 21 heavy (non-hydrogen) atoms. The summed E-state index contributed by atoms with van der Waals surface area (Å²) in [7, 11) is -3.79. The summed E-state index contributed by atoms with van der Waals surface area (Å²) in [4.78, 5) is 11.6. The number of ether oxygens (including phenoxy) is 1. The van der Waals surface area contributed by atoms with E-state index in [1.54, 1.807) is 31.2 Å². The fourth-order valence-electron chi connectivity index (χ4n) is 2.46. The van der Waals surface area contributed by atoms with Crippen molar-refractivity contribution in [1.82, 2.24) is 4.31 Å². The summed E-state index contributed by atoms with van der Waals surface area (Å²) < 4.78 is 32.6. The van der Waals surface area contributed by atoms with Crippen LogP contribution in [0.3, 0.4) is 0 Å². The van der Waals surface area contributed by atoms with E-state index < -0.39 is 21.8 Å². The highest BCUT2D eigenvalue weighted by Crippen LogP contribution is 2.35. The van der Waals surface area contributed by atoms with E-state index in [2.05, 4.69) is 0 Å². The summed E-state index contributed by atoms with van der Waals surface area (Å²) in [6.07, 6.45) is 0.0210. The normalized spacial score (nSPS) is 27.2. The molecule has 1 heterocycles. The second-order valence-corrected chi connectivity index (χ2v) is 7.85. The Morgan fingerprint density at radius 3 is 2.38 bits per heavy atom. The van der Waals surface area contributed by atoms with Crippen LogP contribution in [0.15, 0.2) is 29.2 Å². The highest BCUT2D eigenvalue weighted by atomic mass is 32.2. The van der Waals surface area contributed by atoms with Gasteiger partial charge in [-0.25, -0.2) is 8.42 Å². The van der Waals surface area contributed by atoms with E-state index in [1.807, 2.05) is 20.8 Å². The standard InChI is InChI=1S/C15H21NO4S/c1-11(2)14-16(15(4,9-17)10-20-14)21(18,19)13-7-5-12(3)6-8-13/h5-9,11,14H,10H2,1-4H3. The van der Waals surface area contributed by atoms with Gasteiger partial charge in [0.05, 0.1) is 11.5 Å². The van der Waals surface area contributed by atoms with Gasteiger partial charge in [-0.2, -0.15) is 4.31 Å². The SMILES string of the molecule is Cc1ccc(S(=O)(=O)N2C(C(C)C)OCC2(C)C=O)cc1. The van der Waals surface area contributed by atoms with Gasteiger partial charge in [0.25, 0.3) is 0 Å². The zero-order valence-electron chi connectivity index (χ0n) is 12.7. The third-order valence-corrected chi connectivity index (χ3v) is 5.69. The van der Waals surface area contributed by atoms with E-state index in [1.165, 1.54) is 4.31 Å². The third-order valence-electron chi connectivity index (χ3n) is 3.68. The molecule has 0 aromatic heterocycles. The Labute approximate surface area is 126 Å². The lowest BCUT2D eigenvalue weighted by Crippen LogP contribution is -2.52. The van der Waals surface area contributed by atoms with Gasteiger partial charge in [0.1, 0.15) is 18.1 Å². The Morgan fingerprint density at radius 1 is 1.33 bits per heavy atom. The van der Waals surface area contributed by atoms with E-state index in [4.69, 9.17) is 4.74 Å². The van der Waals surface area contributed by atoms with E-state index >= 15 is 0 Å². The number of hydrogen-bond donors (Lipinski definition) is 0. The van der Waals surface area contributed by atoms with E-state index in [9.17, 15) is 13.2 Å². The molecule has 116 valence electrons. The van der Waals surface area contributed by atoms with Crippen LogP contribution < -0.4 is 0 Å². The molecule has 1 aromatic rings. The van der Waals surface area contributed by atoms with Crippen LogP contribution in [-0.4, -0.2) is 37.4 Å². The van der Waals surface area contributed by atoms with Crippen molar-refractivity contribution in [3.63, 3.8) is 0 Å². The molecule has 2 rings (SSSR count). The van der Waals surface area contributed by atoms with E-state index in [0.717, 1.165) is 5.56 Å². The Bertz CT molecular complexity index is 624. The second-order valence-electron chi connectivity index (χ2n) is 6.03. The van der Waals surface area contributed by atoms with Crippen molar-refractivity contribution in [1.29, 1.82) is 0 Å². The lowest BCUT2D eigenvalue weighted by atomic mass is 10.1. The average Bonchev–Trinajstić information content (AvgIpc) is 2.79. The summed E-state index contributed by atoms with van der Waals surface area (Å²) in [5, 5.41) is 0. The Balaban J connectivity index is 2.53. The maximum absolute atomic E-state index is 12.9. The molecule has 1 saturated heterocycles. The van der Waals surface area contributed by atoms with Gasteiger partial charge < -0.3 is 9.53 Å². The topological polar surface area (TPSA) is 63.7 Å². The van der Waals surface area contributed by atoms with Crippen molar-refractivity contribution in [2.75, 3.05) is 6.61 Å². The largest absolute Gasteiger partial charge is 0.359 e. The van der Waals surface area contributed by atoms with Crippen molar-refractivity contribution in [3.8, 4) is 0 Å². The predicted octanol–water partition coefficient (Wildman–Crippen LogP) is 1.96. The lowest BCUT2D eigenvalue weighted by molar-refractivity contribution is -0.114. The first kappa shape index (κ1) is 16.1. The van der Waals surface area contributed by atoms with Crippen LogP contribution in [0.25, 0.3) is 0 Å². The van der Waals surface area contributed by atoms with Crippen molar-refractivity contribution in [3.05, 3.63) is 29.8 Å². The molecular weight excluding hydrogens is 290 g/mol. The molecule has 6 heteroatoms. The number of carbonyl (C=O) groups excluding carboxylic acids is 1. The highest BCUT2D eigenvalue weighted by molar-refractivity contribution is 7.89. The first-order chi connectivity index (χ1) is 9.72. The van der Waals surface area contributed by atoms with Gasteiger partial charge in [-0.05, 0) is 31.9 Å². The molecule has 0 spiro atoms. The van der Waals surface area contributed by atoms with Gasteiger partial charge in [-0.1, -0.05) is 31.5 Å². The molecule has 0 aliphatic carbocycles. The average molecular weight is 311 g/mol.